The summed E-state index contributed by atoms with van der Waals surface area (Å²) in [5.74, 6) is 1.67. The van der Waals surface area contributed by atoms with Crippen LogP contribution in [-0.4, -0.2) is 54.1 Å². The lowest BCUT2D eigenvalue weighted by atomic mass is 10.0. The number of hydrogen-bond acceptors (Lipinski definition) is 6. The van der Waals surface area contributed by atoms with E-state index in [1.54, 1.807) is 24.5 Å². The molecular formula is C25H26FN5O. The van der Waals surface area contributed by atoms with Crippen LogP contribution in [0.25, 0.3) is 33.4 Å². The SMILES string of the molecule is CNc1nc(-c2cccnc2)nc2c(OCCCN(C)C)cc(-c3ccc(F)cc3)cc12. The molecule has 164 valence electrons. The highest BCUT2D eigenvalue weighted by Gasteiger charge is 2.16. The molecule has 4 rings (SSSR count). The number of fused-ring (bicyclic) bond motifs is 1. The molecular weight excluding hydrogens is 405 g/mol. The smallest absolute Gasteiger partial charge is 0.163 e. The normalized spacial score (nSPS) is 11.2. The highest BCUT2D eigenvalue weighted by Crippen LogP contribution is 2.36. The van der Waals surface area contributed by atoms with Crippen molar-refractivity contribution in [1.29, 1.82) is 0 Å². The van der Waals surface area contributed by atoms with Crippen molar-refractivity contribution in [3.05, 3.63) is 66.7 Å². The van der Waals surface area contributed by atoms with E-state index in [2.05, 4.69) is 15.2 Å². The Hall–Kier alpha value is -3.58. The largest absolute Gasteiger partial charge is 0.491 e. The molecule has 1 N–H and O–H groups in total. The van der Waals surface area contributed by atoms with Crippen molar-refractivity contribution in [2.24, 2.45) is 0 Å². The number of nitrogens with one attached hydrogen (secondary N) is 1. The third-order valence-corrected chi connectivity index (χ3v) is 5.11. The topological polar surface area (TPSA) is 63.2 Å². The zero-order chi connectivity index (χ0) is 22.5. The van der Waals surface area contributed by atoms with Crippen LogP contribution in [0, 0.1) is 5.82 Å². The fraction of sp³-hybridized carbons (Fsp3) is 0.240. The Balaban J connectivity index is 1.84. The molecule has 2 aromatic heterocycles. The fourth-order valence-corrected chi connectivity index (χ4v) is 3.50. The van der Waals surface area contributed by atoms with Gasteiger partial charge in [0.05, 0.1) is 6.61 Å². The minimum atomic E-state index is -0.268. The van der Waals surface area contributed by atoms with Gasteiger partial charge in [-0.2, -0.15) is 0 Å². The average molecular weight is 432 g/mol. The van der Waals surface area contributed by atoms with E-state index in [0.29, 0.717) is 24.0 Å². The van der Waals surface area contributed by atoms with Crippen molar-refractivity contribution < 1.29 is 9.13 Å². The van der Waals surface area contributed by atoms with Gasteiger partial charge in [-0.1, -0.05) is 12.1 Å². The molecule has 2 heterocycles. The van der Waals surface area contributed by atoms with E-state index in [9.17, 15) is 4.39 Å². The van der Waals surface area contributed by atoms with Crippen molar-refractivity contribution in [2.75, 3.05) is 39.6 Å². The number of pyridine rings is 1. The van der Waals surface area contributed by atoms with Gasteiger partial charge in [-0.3, -0.25) is 4.98 Å². The van der Waals surface area contributed by atoms with Gasteiger partial charge >= 0.3 is 0 Å². The van der Waals surface area contributed by atoms with Gasteiger partial charge in [-0.25, -0.2) is 14.4 Å². The quantitative estimate of drug-likeness (QED) is 0.402. The van der Waals surface area contributed by atoms with Crippen LogP contribution in [-0.2, 0) is 0 Å². The summed E-state index contributed by atoms with van der Waals surface area (Å²) in [7, 11) is 5.91. The lowest BCUT2D eigenvalue weighted by Gasteiger charge is -2.16. The lowest BCUT2D eigenvalue weighted by Crippen LogP contribution is -2.15. The van der Waals surface area contributed by atoms with Crippen molar-refractivity contribution in [2.45, 2.75) is 6.42 Å². The summed E-state index contributed by atoms with van der Waals surface area (Å²) < 4.78 is 19.7. The van der Waals surface area contributed by atoms with E-state index in [-0.39, 0.29) is 5.82 Å². The average Bonchev–Trinajstić information content (AvgIpc) is 2.81. The molecule has 32 heavy (non-hydrogen) atoms. The summed E-state index contributed by atoms with van der Waals surface area (Å²) in [5, 5.41) is 4.02. The molecule has 0 bridgehead atoms. The van der Waals surface area contributed by atoms with Crippen molar-refractivity contribution in [3.8, 4) is 28.3 Å². The molecule has 0 unspecified atom stereocenters. The predicted molar refractivity (Wildman–Crippen MR) is 126 cm³/mol. The van der Waals surface area contributed by atoms with Gasteiger partial charge in [-0.15, -0.1) is 0 Å². The molecule has 0 fully saturated rings. The van der Waals surface area contributed by atoms with Crippen LogP contribution in [0.4, 0.5) is 10.2 Å². The first kappa shape index (κ1) is 21.6. The number of hydrogen-bond donors (Lipinski definition) is 1. The molecule has 7 heteroatoms. The third-order valence-electron chi connectivity index (χ3n) is 5.11. The van der Waals surface area contributed by atoms with Gasteiger partial charge in [0.15, 0.2) is 5.82 Å². The molecule has 0 atom stereocenters. The van der Waals surface area contributed by atoms with E-state index >= 15 is 0 Å². The number of rotatable bonds is 8. The maximum absolute atomic E-state index is 13.5. The molecule has 0 aliphatic heterocycles. The van der Waals surface area contributed by atoms with Crippen LogP contribution in [0.15, 0.2) is 60.9 Å². The van der Waals surface area contributed by atoms with Crippen molar-refractivity contribution >= 4 is 16.7 Å². The molecule has 2 aromatic carbocycles. The number of ether oxygens (including phenoxy) is 1. The molecule has 0 saturated heterocycles. The first-order valence-electron chi connectivity index (χ1n) is 10.5. The maximum atomic E-state index is 13.5. The second-order valence-electron chi connectivity index (χ2n) is 7.77. The standard InChI is InChI=1S/C25H26FN5O/c1-27-25-21-14-19(17-7-9-20(26)10-8-17)15-22(32-13-5-12-31(2)3)23(21)29-24(30-25)18-6-4-11-28-16-18/h4,6-11,14-16H,5,12-13H2,1-3H3,(H,27,29,30). The molecule has 6 nitrogen and oxygen atoms in total. The van der Waals surface area contributed by atoms with E-state index in [4.69, 9.17) is 14.7 Å². The molecule has 0 aliphatic rings. The summed E-state index contributed by atoms with van der Waals surface area (Å²) in [6.07, 6.45) is 4.34. The summed E-state index contributed by atoms with van der Waals surface area (Å²) in [6.45, 7) is 1.48. The second-order valence-corrected chi connectivity index (χ2v) is 7.77. The summed E-state index contributed by atoms with van der Waals surface area (Å²) in [6, 6.07) is 14.2. The maximum Gasteiger partial charge on any atom is 0.163 e. The fourth-order valence-electron chi connectivity index (χ4n) is 3.50. The molecule has 0 aliphatic carbocycles. The van der Waals surface area contributed by atoms with Gasteiger partial charge in [0.25, 0.3) is 0 Å². The second kappa shape index (κ2) is 9.70. The van der Waals surface area contributed by atoms with E-state index < -0.39 is 0 Å². The van der Waals surface area contributed by atoms with Crippen LogP contribution < -0.4 is 10.1 Å². The van der Waals surface area contributed by atoms with Crippen LogP contribution in [0.3, 0.4) is 0 Å². The molecule has 0 radical (unpaired) electrons. The Morgan fingerprint density at radius 3 is 2.50 bits per heavy atom. The molecule has 0 amide bonds. The van der Waals surface area contributed by atoms with Crippen LogP contribution in [0.1, 0.15) is 6.42 Å². The molecule has 0 spiro atoms. The first-order valence-corrected chi connectivity index (χ1v) is 10.5. The van der Waals surface area contributed by atoms with Gasteiger partial charge < -0.3 is 15.0 Å². The zero-order valence-corrected chi connectivity index (χ0v) is 18.5. The third kappa shape index (κ3) is 4.84. The number of aromatic nitrogens is 3. The Kier molecular flexibility index (Phi) is 6.56. The van der Waals surface area contributed by atoms with Gasteiger partial charge in [0.1, 0.15) is 22.9 Å². The number of benzene rings is 2. The minimum Gasteiger partial charge on any atom is -0.491 e. The van der Waals surface area contributed by atoms with E-state index in [1.807, 2.05) is 45.4 Å². The lowest BCUT2D eigenvalue weighted by molar-refractivity contribution is 0.284. The van der Waals surface area contributed by atoms with Gasteiger partial charge in [-0.05, 0) is 68.0 Å². The Bertz CT molecular complexity index is 1200. The number of halogens is 1. The molecule has 4 aromatic rings. The Morgan fingerprint density at radius 2 is 1.81 bits per heavy atom. The van der Waals surface area contributed by atoms with E-state index in [1.165, 1.54) is 12.1 Å². The predicted octanol–water partition coefficient (Wildman–Crippen LogP) is 4.87. The van der Waals surface area contributed by atoms with Crippen LogP contribution >= 0.6 is 0 Å². The zero-order valence-electron chi connectivity index (χ0n) is 18.5. The first-order chi connectivity index (χ1) is 15.5. The van der Waals surface area contributed by atoms with Gasteiger partial charge in [0.2, 0.25) is 0 Å². The monoisotopic (exact) mass is 431 g/mol. The summed E-state index contributed by atoms with van der Waals surface area (Å²) in [4.78, 5) is 15.9. The summed E-state index contributed by atoms with van der Waals surface area (Å²) in [5.41, 5.74) is 3.35. The minimum absolute atomic E-state index is 0.268. The van der Waals surface area contributed by atoms with Crippen LogP contribution in [0.5, 0.6) is 5.75 Å². The van der Waals surface area contributed by atoms with Crippen molar-refractivity contribution in [1.82, 2.24) is 19.9 Å². The summed E-state index contributed by atoms with van der Waals surface area (Å²) >= 11 is 0. The number of nitrogens with zero attached hydrogens (tertiary/aromatic N) is 4. The highest BCUT2D eigenvalue weighted by atomic mass is 19.1. The highest BCUT2D eigenvalue weighted by molar-refractivity contribution is 5.97. The Labute approximate surface area is 187 Å². The van der Waals surface area contributed by atoms with Crippen LogP contribution in [0.2, 0.25) is 0 Å². The van der Waals surface area contributed by atoms with Gasteiger partial charge in [0, 0.05) is 36.9 Å². The van der Waals surface area contributed by atoms with E-state index in [0.717, 1.165) is 40.6 Å². The van der Waals surface area contributed by atoms with Crippen molar-refractivity contribution in [3.63, 3.8) is 0 Å². The number of anilines is 1. The Morgan fingerprint density at radius 1 is 1.00 bits per heavy atom. The molecule has 0 saturated carbocycles.